The van der Waals surface area contributed by atoms with Crippen LogP contribution in [0.2, 0.25) is 0 Å². The van der Waals surface area contributed by atoms with Crippen molar-refractivity contribution in [3.05, 3.63) is 31.9 Å². The van der Waals surface area contributed by atoms with Crippen molar-refractivity contribution in [1.82, 2.24) is 10.3 Å². The zero-order chi connectivity index (χ0) is 12.3. The van der Waals surface area contributed by atoms with Crippen LogP contribution in [0.25, 0.3) is 0 Å². The van der Waals surface area contributed by atoms with Gasteiger partial charge in [0.2, 0.25) is 5.91 Å². The minimum Gasteiger partial charge on any atom is -0.375 e. The molecule has 2 heterocycles. The Kier molecular flexibility index (Phi) is 4.14. The van der Waals surface area contributed by atoms with Crippen LogP contribution >= 0.6 is 38.6 Å². The maximum atomic E-state index is 11.6. The zero-order valence-corrected chi connectivity index (χ0v) is 12.0. The zero-order valence-electron chi connectivity index (χ0n) is 8.77. The number of nitrogen functional groups attached to an aromatic ring is 1. The van der Waals surface area contributed by atoms with Crippen LogP contribution in [-0.4, -0.2) is 10.9 Å². The molecule has 0 saturated heterocycles. The van der Waals surface area contributed by atoms with Gasteiger partial charge in [-0.1, -0.05) is 0 Å². The van der Waals surface area contributed by atoms with Crippen molar-refractivity contribution < 1.29 is 4.79 Å². The van der Waals surface area contributed by atoms with Gasteiger partial charge in [-0.3, -0.25) is 4.79 Å². The number of anilines is 1. The Hall–Kier alpha value is -0.920. The molecule has 0 bridgehead atoms. The number of carbonyl (C=O) groups is 1. The van der Waals surface area contributed by atoms with Crippen LogP contribution in [0.4, 0.5) is 5.13 Å². The molecular formula is C10H10BrN3OS2. The first-order chi connectivity index (χ1) is 8.15. The van der Waals surface area contributed by atoms with E-state index >= 15 is 0 Å². The van der Waals surface area contributed by atoms with Gasteiger partial charge in [-0.25, -0.2) is 4.98 Å². The van der Waals surface area contributed by atoms with Gasteiger partial charge in [0.25, 0.3) is 0 Å². The number of thiophene rings is 1. The molecule has 0 atom stereocenters. The summed E-state index contributed by atoms with van der Waals surface area (Å²) in [6.07, 6.45) is 0.274. The molecular weight excluding hydrogens is 322 g/mol. The van der Waals surface area contributed by atoms with Crippen molar-refractivity contribution in [2.45, 2.75) is 13.0 Å². The Labute approximate surface area is 115 Å². The summed E-state index contributed by atoms with van der Waals surface area (Å²) in [5.41, 5.74) is 6.21. The first kappa shape index (κ1) is 12.5. The molecule has 0 spiro atoms. The fraction of sp³-hybridized carbons (Fsp3) is 0.200. The summed E-state index contributed by atoms with van der Waals surface area (Å²) in [5.74, 6) is -0.0457. The number of aromatic nitrogens is 1. The minimum atomic E-state index is -0.0457. The largest absolute Gasteiger partial charge is 0.375 e. The summed E-state index contributed by atoms with van der Waals surface area (Å²) < 4.78 is 1.03. The van der Waals surface area contributed by atoms with Crippen molar-refractivity contribution in [2.75, 3.05) is 5.73 Å². The third-order valence-corrected chi connectivity index (χ3v) is 4.70. The number of thiazole rings is 1. The molecule has 0 radical (unpaired) electrons. The lowest BCUT2D eigenvalue weighted by atomic mass is 10.3. The minimum absolute atomic E-state index is 0.0457. The molecule has 2 aromatic rings. The van der Waals surface area contributed by atoms with E-state index in [-0.39, 0.29) is 12.3 Å². The molecule has 0 fully saturated rings. The highest BCUT2D eigenvalue weighted by Crippen LogP contribution is 2.22. The van der Waals surface area contributed by atoms with Crippen LogP contribution in [0.5, 0.6) is 0 Å². The Morgan fingerprint density at radius 1 is 1.53 bits per heavy atom. The maximum Gasteiger partial charge on any atom is 0.226 e. The molecule has 0 unspecified atom stereocenters. The Morgan fingerprint density at radius 2 is 2.35 bits per heavy atom. The molecule has 3 N–H and O–H groups in total. The fourth-order valence-corrected chi connectivity index (χ4v) is 3.26. The third-order valence-electron chi connectivity index (χ3n) is 2.05. The average Bonchev–Trinajstić information content (AvgIpc) is 2.85. The van der Waals surface area contributed by atoms with Crippen LogP contribution in [0.15, 0.2) is 21.3 Å². The summed E-state index contributed by atoms with van der Waals surface area (Å²) in [4.78, 5) is 16.8. The molecule has 0 aliphatic rings. The number of hydrogen-bond acceptors (Lipinski definition) is 5. The predicted molar refractivity (Wildman–Crippen MR) is 74.1 cm³/mol. The van der Waals surface area contributed by atoms with E-state index in [0.29, 0.717) is 11.7 Å². The predicted octanol–water partition coefficient (Wildman–Crippen LogP) is 2.41. The lowest BCUT2D eigenvalue weighted by Gasteiger charge is -2.02. The molecule has 1 amide bonds. The Morgan fingerprint density at radius 3 is 2.94 bits per heavy atom. The molecule has 7 heteroatoms. The van der Waals surface area contributed by atoms with Crippen molar-refractivity contribution in [3.63, 3.8) is 0 Å². The molecule has 2 aromatic heterocycles. The highest BCUT2D eigenvalue weighted by molar-refractivity contribution is 9.10. The lowest BCUT2D eigenvalue weighted by molar-refractivity contribution is -0.120. The van der Waals surface area contributed by atoms with Gasteiger partial charge in [-0.15, -0.1) is 22.7 Å². The number of nitrogens with one attached hydrogen (secondary N) is 1. The van der Waals surface area contributed by atoms with Crippen LogP contribution in [0.1, 0.15) is 10.6 Å². The summed E-state index contributed by atoms with van der Waals surface area (Å²) in [7, 11) is 0. The van der Waals surface area contributed by atoms with Crippen molar-refractivity contribution in [1.29, 1.82) is 0 Å². The van der Waals surface area contributed by atoms with Crippen molar-refractivity contribution >= 4 is 49.6 Å². The van der Waals surface area contributed by atoms with Gasteiger partial charge < -0.3 is 11.1 Å². The van der Waals surface area contributed by atoms with Gasteiger partial charge in [0.15, 0.2) is 5.13 Å². The first-order valence-corrected chi connectivity index (χ1v) is 7.39. The summed E-state index contributed by atoms with van der Waals surface area (Å²) in [6, 6.07) is 1.97. The molecule has 0 aliphatic heterocycles. The SMILES string of the molecule is Nc1nc(CC(=O)NCc2sccc2Br)cs1. The Bertz CT molecular complexity index is 523. The van der Waals surface area contributed by atoms with E-state index < -0.39 is 0 Å². The second-order valence-corrected chi connectivity index (χ2v) is 6.07. The molecule has 0 saturated carbocycles. The van der Waals surface area contributed by atoms with Crippen molar-refractivity contribution in [2.24, 2.45) is 0 Å². The average molecular weight is 332 g/mol. The monoisotopic (exact) mass is 331 g/mol. The van der Waals surface area contributed by atoms with Gasteiger partial charge in [0.1, 0.15) is 0 Å². The van der Waals surface area contributed by atoms with E-state index in [4.69, 9.17) is 5.73 Å². The number of rotatable bonds is 4. The number of amides is 1. The Balaban J connectivity index is 1.84. The molecule has 0 aromatic carbocycles. The first-order valence-electron chi connectivity index (χ1n) is 4.83. The smallest absolute Gasteiger partial charge is 0.226 e. The molecule has 90 valence electrons. The van der Waals surface area contributed by atoms with Gasteiger partial charge in [-0.05, 0) is 27.4 Å². The maximum absolute atomic E-state index is 11.6. The van der Waals surface area contributed by atoms with Crippen LogP contribution in [-0.2, 0) is 17.8 Å². The van der Waals surface area contributed by atoms with E-state index in [0.717, 1.165) is 15.0 Å². The number of carbonyl (C=O) groups excluding carboxylic acids is 1. The van der Waals surface area contributed by atoms with Gasteiger partial charge in [-0.2, -0.15) is 0 Å². The van der Waals surface area contributed by atoms with E-state index in [9.17, 15) is 4.79 Å². The van der Waals surface area contributed by atoms with E-state index in [1.54, 1.807) is 16.7 Å². The van der Waals surface area contributed by atoms with E-state index in [1.165, 1.54) is 11.3 Å². The highest BCUT2D eigenvalue weighted by atomic mass is 79.9. The number of nitrogens with two attached hydrogens (primary N) is 1. The molecule has 17 heavy (non-hydrogen) atoms. The van der Waals surface area contributed by atoms with Crippen LogP contribution in [0, 0.1) is 0 Å². The second kappa shape index (κ2) is 5.61. The third kappa shape index (κ3) is 3.52. The molecule has 0 aliphatic carbocycles. The molecule has 2 rings (SSSR count). The standard InChI is InChI=1S/C10H10BrN3OS2/c11-7-1-2-16-8(7)4-13-9(15)3-6-5-17-10(12)14-6/h1-2,5H,3-4H2,(H2,12,14)(H,13,15). The van der Waals surface area contributed by atoms with Crippen molar-refractivity contribution in [3.8, 4) is 0 Å². The van der Waals surface area contributed by atoms with Crippen LogP contribution in [0.3, 0.4) is 0 Å². The van der Waals surface area contributed by atoms with Gasteiger partial charge in [0.05, 0.1) is 18.7 Å². The van der Waals surface area contributed by atoms with E-state index in [2.05, 4.69) is 26.2 Å². The lowest BCUT2D eigenvalue weighted by Crippen LogP contribution is -2.24. The van der Waals surface area contributed by atoms with Gasteiger partial charge in [0, 0.05) is 14.7 Å². The second-order valence-electron chi connectivity index (χ2n) is 3.32. The molecule has 4 nitrogen and oxygen atoms in total. The number of nitrogens with zero attached hydrogens (tertiary/aromatic N) is 1. The van der Waals surface area contributed by atoms with Crippen LogP contribution < -0.4 is 11.1 Å². The summed E-state index contributed by atoms with van der Waals surface area (Å²) in [5, 5.41) is 7.12. The highest BCUT2D eigenvalue weighted by Gasteiger charge is 2.08. The number of halogens is 1. The summed E-state index contributed by atoms with van der Waals surface area (Å²) >= 11 is 6.37. The topological polar surface area (TPSA) is 68.0 Å². The summed E-state index contributed by atoms with van der Waals surface area (Å²) in [6.45, 7) is 0.538. The normalized spacial score (nSPS) is 10.4. The van der Waals surface area contributed by atoms with Gasteiger partial charge >= 0.3 is 0 Å². The number of hydrogen-bond donors (Lipinski definition) is 2. The quantitative estimate of drug-likeness (QED) is 0.903. The van der Waals surface area contributed by atoms with E-state index in [1.807, 2.05) is 11.4 Å². The fourth-order valence-electron chi connectivity index (χ4n) is 1.26.